The third-order valence-corrected chi connectivity index (χ3v) is 2.06. The molecule has 0 aliphatic rings. The molecule has 2 aromatic rings. The summed E-state index contributed by atoms with van der Waals surface area (Å²) in [5.74, 6) is 0. The van der Waals surface area contributed by atoms with Crippen molar-refractivity contribution in [1.29, 1.82) is 0 Å². The molecule has 0 saturated heterocycles. The van der Waals surface area contributed by atoms with Crippen LogP contribution in [0.1, 0.15) is 0 Å². The van der Waals surface area contributed by atoms with Crippen LogP contribution in [0.15, 0.2) is 27.8 Å². The fourth-order valence-electron chi connectivity index (χ4n) is 1.17. The molecule has 0 aliphatic carbocycles. The summed E-state index contributed by atoms with van der Waals surface area (Å²) in [6.45, 7) is 0. The fourth-order valence-corrected chi connectivity index (χ4v) is 1.33. The highest BCUT2D eigenvalue weighted by Gasteiger charge is 2.05. The van der Waals surface area contributed by atoms with E-state index in [9.17, 15) is 14.8 Å². The largest absolute Gasteiger partial charge is 0.425 e. The molecule has 72 valence electrons. The van der Waals surface area contributed by atoms with Crippen molar-refractivity contribution in [1.82, 2.24) is 9.71 Å². The minimum absolute atomic E-state index is 0.169. The molecule has 0 saturated carbocycles. The van der Waals surface area contributed by atoms with Gasteiger partial charge in [0.25, 0.3) is 0 Å². The quantitative estimate of drug-likeness (QED) is 0.496. The molecule has 0 spiro atoms. The Hall–Kier alpha value is -1.75. The molecule has 0 aliphatic heterocycles. The summed E-state index contributed by atoms with van der Waals surface area (Å²) in [7, 11) is 0. The maximum atomic E-state index is 11.0. The van der Waals surface area contributed by atoms with Gasteiger partial charge in [-0.15, -0.1) is 4.73 Å². The van der Waals surface area contributed by atoms with E-state index in [0.29, 0.717) is 10.5 Å². The molecule has 14 heavy (non-hydrogen) atoms. The van der Waals surface area contributed by atoms with Crippen molar-refractivity contribution in [3.63, 3.8) is 0 Å². The van der Waals surface area contributed by atoms with Gasteiger partial charge < -0.3 is 10.2 Å². The summed E-state index contributed by atoms with van der Waals surface area (Å²) < 4.78 is 0.278. The van der Waals surface area contributed by atoms with E-state index in [-0.39, 0.29) is 10.2 Å². The summed E-state index contributed by atoms with van der Waals surface area (Å²) in [6.07, 6.45) is 0. The first-order chi connectivity index (χ1) is 6.59. The average molecular weight is 213 g/mol. The molecule has 0 amide bonds. The summed E-state index contributed by atoms with van der Waals surface area (Å²) >= 11 is 5.66. The van der Waals surface area contributed by atoms with Crippen molar-refractivity contribution in [2.24, 2.45) is 0 Å². The van der Waals surface area contributed by atoms with Gasteiger partial charge >= 0.3 is 11.1 Å². The molecule has 5 nitrogen and oxygen atoms in total. The Labute approximate surface area is 82.1 Å². The molecule has 6 heteroatoms. The number of halogens is 1. The Morgan fingerprint density at radius 1 is 1.36 bits per heavy atom. The van der Waals surface area contributed by atoms with Crippen LogP contribution in [-0.2, 0) is 0 Å². The lowest BCUT2D eigenvalue weighted by molar-refractivity contribution is 0.186. The summed E-state index contributed by atoms with van der Waals surface area (Å²) in [5.41, 5.74) is -1.38. The maximum Gasteiger partial charge on any atom is 0.348 e. The number of nitrogens with zero attached hydrogens (tertiary/aromatic N) is 1. The molecule has 2 rings (SSSR count). The third-order valence-electron chi connectivity index (χ3n) is 1.82. The van der Waals surface area contributed by atoms with Crippen molar-refractivity contribution < 1.29 is 5.21 Å². The van der Waals surface area contributed by atoms with Crippen LogP contribution < -0.4 is 11.1 Å². The second kappa shape index (κ2) is 2.88. The van der Waals surface area contributed by atoms with E-state index < -0.39 is 11.1 Å². The van der Waals surface area contributed by atoms with Gasteiger partial charge in [-0.25, -0.2) is 0 Å². The minimum Gasteiger partial charge on any atom is -0.425 e. The standard InChI is InChI=1S/C8H5ClN2O3/c9-4-1-2-5-6(3-4)11(14)8(13)7(12)10-5/h1-3,14H,(H,10,12). The zero-order valence-corrected chi connectivity index (χ0v) is 7.58. The van der Waals surface area contributed by atoms with E-state index in [4.69, 9.17) is 11.6 Å². The van der Waals surface area contributed by atoms with Gasteiger partial charge in [-0.3, -0.25) is 9.59 Å². The smallest absolute Gasteiger partial charge is 0.348 e. The molecule has 0 atom stereocenters. The number of hydrogen-bond donors (Lipinski definition) is 2. The van der Waals surface area contributed by atoms with Crippen LogP contribution in [0.3, 0.4) is 0 Å². The molecule has 2 N–H and O–H groups in total. The first-order valence-electron chi connectivity index (χ1n) is 3.73. The lowest BCUT2D eigenvalue weighted by Gasteiger charge is -2.01. The van der Waals surface area contributed by atoms with Crippen LogP contribution >= 0.6 is 11.6 Å². The van der Waals surface area contributed by atoms with Gasteiger partial charge in [0.1, 0.15) is 5.52 Å². The number of aromatic nitrogens is 2. The number of H-pyrrole nitrogens is 1. The van der Waals surface area contributed by atoms with Crippen LogP contribution in [0.4, 0.5) is 0 Å². The van der Waals surface area contributed by atoms with E-state index in [1.54, 1.807) is 6.07 Å². The number of aromatic amines is 1. The zero-order valence-electron chi connectivity index (χ0n) is 6.82. The Kier molecular flexibility index (Phi) is 1.82. The van der Waals surface area contributed by atoms with E-state index in [1.165, 1.54) is 12.1 Å². The van der Waals surface area contributed by atoms with Gasteiger partial charge in [0, 0.05) is 5.02 Å². The van der Waals surface area contributed by atoms with E-state index in [0.717, 1.165) is 0 Å². The lowest BCUT2D eigenvalue weighted by Crippen LogP contribution is -2.35. The fraction of sp³-hybridized carbons (Fsp3) is 0. The Balaban J connectivity index is 3.07. The highest BCUT2D eigenvalue weighted by Crippen LogP contribution is 2.14. The molecular formula is C8H5ClN2O3. The highest BCUT2D eigenvalue weighted by atomic mass is 35.5. The molecule has 1 aromatic carbocycles. The maximum absolute atomic E-state index is 11.0. The van der Waals surface area contributed by atoms with Crippen LogP contribution in [-0.4, -0.2) is 14.9 Å². The molecule has 0 radical (unpaired) electrons. The number of fused-ring (bicyclic) bond motifs is 1. The number of nitrogens with one attached hydrogen (secondary N) is 1. The summed E-state index contributed by atoms with van der Waals surface area (Å²) in [4.78, 5) is 24.3. The van der Waals surface area contributed by atoms with Crippen LogP contribution in [0, 0.1) is 0 Å². The van der Waals surface area contributed by atoms with Gasteiger partial charge in [-0.1, -0.05) is 11.6 Å². The lowest BCUT2D eigenvalue weighted by atomic mass is 10.3. The number of benzene rings is 1. The van der Waals surface area contributed by atoms with E-state index in [1.807, 2.05) is 0 Å². The molecule has 1 aromatic heterocycles. The molecule has 1 heterocycles. The van der Waals surface area contributed by atoms with Crippen molar-refractivity contribution in [3.05, 3.63) is 43.9 Å². The first-order valence-corrected chi connectivity index (χ1v) is 4.11. The highest BCUT2D eigenvalue weighted by molar-refractivity contribution is 6.31. The van der Waals surface area contributed by atoms with Crippen molar-refractivity contribution in [2.75, 3.05) is 0 Å². The predicted octanol–water partition coefficient (Wildman–Crippen LogP) is 0.581. The van der Waals surface area contributed by atoms with E-state index in [2.05, 4.69) is 4.98 Å². The minimum atomic E-state index is -1.03. The van der Waals surface area contributed by atoms with Gasteiger partial charge in [-0.05, 0) is 18.2 Å². The average Bonchev–Trinajstić information content (AvgIpc) is 2.16. The zero-order chi connectivity index (χ0) is 10.3. The number of hydrogen-bond acceptors (Lipinski definition) is 3. The third kappa shape index (κ3) is 1.18. The normalized spacial score (nSPS) is 10.6. The van der Waals surface area contributed by atoms with Crippen molar-refractivity contribution >= 4 is 22.6 Å². The van der Waals surface area contributed by atoms with Gasteiger partial charge in [-0.2, -0.15) is 0 Å². The second-order valence-electron chi connectivity index (χ2n) is 2.73. The van der Waals surface area contributed by atoms with Crippen molar-refractivity contribution in [2.45, 2.75) is 0 Å². The van der Waals surface area contributed by atoms with Gasteiger partial charge in [0.2, 0.25) is 0 Å². The molecular weight excluding hydrogens is 208 g/mol. The monoisotopic (exact) mass is 212 g/mol. The Morgan fingerprint density at radius 2 is 2.07 bits per heavy atom. The van der Waals surface area contributed by atoms with Gasteiger partial charge in [0.15, 0.2) is 0 Å². The van der Waals surface area contributed by atoms with E-state index >= 15 is 0 Å². The van der Waals surface area contributed by atoms with Crippen LogP contribution in [0.2, 0.25) is 5.02 Å². The molecule has 0 bridgehead atoms. The first kappa shape index (κ1) is 8.83. The summed E-state index contributed by atoms with van der Waals surface area (Å²) in [5, 5.41) is 9.66. The Morgan fingerprint density at radius 3 is 2.79 bits per heavy atom. The predicted molar refractivity (Wildman–Crippen MR) is 51.0 cm³/mol. The van der Waals surface area contributed by atoms with Gasteiger partial charge in [0.05, 0.1) is 5.52 Å². The van der Waals surface area contributed by atoms with Crippen LogP contribution in [0.5, 0.6) is 0 Å². The van der Waals surface area contributed by atoms with Crippen LogP contribution in [0.25, 0.3) is 11.0 Å². The van der Waals surface area contributed by atoms with Crippen molar-refractivity contribution in [3.8, 4) is 0 Å². The Bertz CT molecular complexity index is 614. The second-order valence-corrected chi connectivity index (χ2v) is 3.17. The topological polar surface area (TPSA) is 75.1 Å². The SMILES string of the molecule is O=c1[nH]c2ccc(Cl)cc2n(O)c1=O. The number of rotatable bonds is 0. The summed E-state index contributed by atoms with van der Waals surface area (Å²) in [6, 6.07) is 4.43. The molecule has 0 unspecified atom stereocenters. The molecule has 0 fully saturated rings.